The number of allylic oxidation sites excluding steroid dienone is 1. The van der Waals surface area contributed by atoms with Crippen LogP contribution in [0.1, 0.15) is 32.6 Å². The Kier molecular flexibility index (Phi) is 5.14. The van der Waals surface area contributed by atoms with Crippen molar-refractivity contribution in [1.29, 1.82) is 0 Å². The number of hydrogen-bond acceptors (Lipinski definition) is 3. The average Bonchev–Trinajstić information content (AvgIpc) is 3.22. The standard InChI is InChI=1S/C27H25N3O/c28-25-6-1-2-7-26(25)29-27(31)23-12-8-19(9-13-23)14-21-17-30(18-21)16-20-10-11-22-4-3-5-24(22)15-20/h1-4,6-15H,5,16-18,28H2,(H,29,31). The molecule has 1 saturated heterocycles. The van der Waals surface area contributed by atoms with Gasteiger partial charge in [-0.25, -0.2) is 0 Å². The number of anilines is 2. The number of nitrogen functional groups attached to an aromatic ring is 1. The number of benzene rings is 3. The van der Waals surface area contributed by atoms with Crippen LogP contribution in [0.15, 0.2) is 78.4 Å². The van der Waals surface area contributed by atoms with Crippen LogP contribution in [-0.4, -0.2) is 23.9 Å². The first-order valence-electron chi connectivity index (χ1n) is 10.6. The predicted octanol–water partition coefficient (Wildman–Crippen LogP) is 4.99. The minimum atomic E-state index is -0.156. The lowest BCUT2D eigenvalue weighted by atomic mass is 10.0. The molecule has 2 aliphatic rings. The lowest BCUT2D eigenvalue weighted by Gasteiger charge is -2.34. The van der Waals surface area contributed by atoms with Crippen LogP contribution in [0.25, 0.3) is 12.2 Å². The van der Waals surface area contributed by atoms with E-state index in [0.717, 1.165) is 31.6 Å². The maximum atomic E-state index is 12.5. The molecule has 4 heteroatoms. The van der Waals surface area contributed by atoms with Crippen LogP contribution in [0.2, 0.25) is 0 Å². The molecule has 0 radical (unpaired) electrons. The summed E-state index contributed by atoms with van der Waals surface area (Å²) in [6, 6.07) is 21.8. The molecular weight excluding hydrogens is 382 g/mol. The Morgan fingerprint density at radius 1 is 1.03 bits per heavy atom. The van der Waals surface area contributed by atoms with Gasteiger partial charge in [-0.2, -0.15) is 0 Å². The highest BCUT2D eigenvalue weighted by atomic mass is 16.1. The molecule has 0 spiro atoms. The fraction of sp³-hybridized carbons (Fsp3) is 0.148. The lowest BCUT2D eigenvalue weighted by Crippen LogP contribution is -2.39. The summed E-state index contributed by atoms with van der Waals surface area (Å²) in [6.45, 7) is 2.97. The van der Waals surface area contributed by atoms with Crippen LogP contribution in [0, 0.1) is 0 Å². The Balaban J connectivity index is 1.16. The van der Waals surface area contributed by atoms with Gasteiger partial charge in [-0.3, -0.25) is 9.69 Å². The highest BCUT2D eigenvalue weighted by molar-refractivity contribution is 6.05. The minimum absolute atomic E-state index is 0.156. The number of nitrogens with zero attached hydrogens (tertiary/aromatic N) is 1. The number of amides is 1. The molecule has 3 aromatic carbocycles. The lowest BCUT2D eigenvalue weighted by molar-refractivity contribution is 0.102. The van der Waals surface area contributed by atoms with E-state index in [1.807, 2.05) is 36.4 Å². The summed E-state index contributed by atoms with van der Waals surface area (Å²) in [6.07, 6.45) is 7.71. The number of rotatable bonds is 5. The van der Waals surface area contributed by atoms with Crippen LogP contribution in [0.3, 0.4) is 0 Å². The van der Waals surface area contributed by atoms with E-state index in [-0.39, 0.29) is 5.91 Å². The van der Waals surface area contributed by atoms with Crippen molar-refractivity contribution >= 4 is 29.4 Å². The smallest absolute Gasteiger partial charge is 0.255 e. The fourth-order valence-corrected chi connectivity index (χ4v) is 4.17. The van der Waals surface area contributed by atoms with Gasteiger partial charge < -0.3 is 11.1 Å². The summed E-state index contributed by atoms with van der Waals surface area (Å²) in [4.78, 5) is 14.9. The third kappa shape index (κ3) is 4.30. The van der Waals surface area contributed by atoms with Crippen molar-refractivity contribution in [2.45, 2.75) is 13.0 Å². The molecule has 1 aliphatic heterocycles. The number of carbonyl (C=O) groups is 1. The molecule has 154 valence electrons. The van der Waals surface area contributed by atoms with Crippen LogP contribution in [0.4, 0.5) is 11.4 Å². The molecular formula is C27H25N3O. The van der Waals surface area contributed by atoms with Crippen molar-refractivity contribution in [1.82, 2.24) is 4.90 Å². The first-order chi connectivity index (χ1) is 15.1. The molecule has 0 saturated carbocycles. The van der Waals surface area contributed by atoms with E-state index in [9.17, 15) is 4.79 Å². The zero-order chi connectivity index (χ0) is 21.2. The predicted molar refractivity (Wildman–Crippen MR) is 128 cm³/mol. The molecule has 1 heterocycles. The van der Waals surface area contributed by atoms with Gasteiger partial charge >= 0.3 is 0 Å². The largest absolute Gasteiger partial charge is 0.397 e. The second-order valence-corrected chi connectivity index (χ2v) is 8.25. The van der Waals surface area contributed by atoms with Crippen molar-refractivity contribution in [2.24, 2.45) is 0 Å². The van der Waals surface area contributed by atoms with E-state index >= 15 is 0 Å². The van der Waals surface area contributed by atoms with Crippen molar-refractivity contribution in [3.05, 3.63) is 106 Å². The Labute approximate surface area is 182 Å². The van der Waals surface area contributed by atoms with Gasteiger partial charge in [-0.15, -0.1) is 0 Å². The molecule has 1 aliphatic carbocycles. The number of nitrogens with two attached hydrogens (primary N) is 1. The maximum Gasteiger partial charge on any atom is 0.255 e. The molecule has 3 N–H and O–H groups in total. The Morgan fingerprint density at radius 3 is 2.65 bits per heavy atom. The summed E-state index contributed by atoms with van der Waals surface area (Å²) in [5.74, 6) is -0.156. The van der Waals surface area contributed by atoms with Crippen molar-refractivity contribution in [3.63, 3.8) is 0 Å². The van der Waals surface area contributed by atoms with Gasteiger partial charge in [0.05, 0.1) is 11.4 Å². The second kappa shape index (κ2) is 8.25. The van der Waals surface area contributed by atoms with Crippen LogP contribution in [0.5, 0.6) is 0 Å². The van der Waals surface area contributed by atoms with Crippen LogP contribution < -0.4 is 11.1 Å². The number of likely N-dealkylation sites (tertiary alicyclic amines) is 1. The quantitative estimate of drug-likeness (QED) is 0.586. The summed E-state index contributed by atoms with van der Waals surface area (Å²) in [5.41, 5.74) is 14.4. The molecule has 4 nitrogen and oxygen atoms in total. The SMILES string of the molecule is Nc1ccccc1NC(=O)c1ccc(C=C2CN(Cc3ccc4c(c3)CC=C4)C2)cc1. The molecule has 3 aromatic rings. The highest BCUT2D eigenvalue weighted by Crippen LogP contribution is 2.25. The minimum Gasteiger partial charge on any atom is -0.397 e. The van der Waals surface area contributed by atoms with Crippen LogP contribution in [-0.2, 0) is 13.0 Å². The molecule has 1 amide bonds. The number of nitrogens with one attached hydrogen (secondary N) is 1. The zero-order valence-electron chi connectivity index (χ0n) is 17.3. The van der Waals surface area contributed by atoms with Crippen molar-refractivity contribution in [2.75, 3.05) is 24.1 Å². The summed E-state index contributed by atoms with van der Waals surface area (Å²) >= 11 is 0. The van der Waals surface area contributed by atoms with Crippen molar-refractivity contribution < 1.29 is 4.79 Å². The van der Waals surface area contributed by atoms with E-state index < -0.39 is 0 Å². The summed E-state index contributed by atoms with van der Waals surface area (Å²) in [5, 5.41) is 2.86. The highest BCUT2D eigenvalue weighted by Gasteiger charge is 2.20. The van der Waals surface area contributed by atoms with E-state index in [0.29, 0.717) is 16.9 Å². The van der Waals surface area contributed by atoms with E-state index in [4.69, 9.17) is 5.73 Å². The average molecular weight is 408 g/mol. The topological polar surface area (TPSA) is 58.4 Å². The number of fused-ring (bicyclic) bond motifs is 1. The van der Waals surface area contributed by atoms with Gasteiger partial charge in [0.1, 0.15) is 0 Å². The molecule has 0 aromatic heterocycles. The Morgan fingerprint density at radius 2 is 1.84 bits per heavy atom. The molecule has 0 bridgehead atoms. The first-order valence-corrected chi connectivity index (χ1v) is 10.6. The van der Waals surface area contributed by atoms with E-state index in [2.05, 4.69) is 46.6 Å². The third-order valence-electron chi connectivity index (χ3n) is 5.85. The van der Waals surface area contributed by atoms with Gasteiger partial charge in [0.25, 0.3) is 5.91 Å². The van der Waals surface area contributed by atoms with Crippen LogP contribution >= 0.6 is 0 Å². The van der Waals surface area contributed by atoms with Gasteiger partial charge in [-0.05, 0) is 58.5 Å². The van der Waals surface area contributed by atoms with Gasteiger partial charge in [-0.1, -0.05) is 60.7 Å². The first kappa shape index (κ1) is 19.3. The Hall–Kier alpha value is -3.63. The second-order valence-electron chi connectivity index (χ2n) is 8.25. The summed E-state index contributed by atoms with van der Waals surface area (Å²) < 4.78 is 0. The molecule has 5 rings (SSSR count). The van der Waals surface area contributed by atoms with E-state index in [1.165, 1.54) is 22.3 Å². The normalized spacial score (nSPS) is 14.8. The number of para-hydroxylation sites is 2. The monoisotopic (exact) mass is 407 g/mol. The van der Waals surface area contributed by atoms with Gasteiger partial charge in [0.2, 0.25) is 0 Å². The van der Waals surface area contributed by atoms with E-state index in [1.54, 1.807) is 12.1 Å². The molecule has 0 unspecified atom stereocenters. The molecule has 0 atom stereocenters. The molecule has 31 heavy (non-hydrogen) atoms. The third-order valence-corrected chi connectivity index (χ3v) is 5.85. The maximum absolute atomic E-state index is 12.5. The zero-order valence-corrected chi connectivity index (χ0v) is 17.3. The fourth-order valence-electron chi connectivity index (χ4n) is 4.17. The van der Waals surface area contributed by atoms with Gasteiger partial charge in [0, 0.05) is 25.2 Å². The number of carbonyl (C=O) groups excluding carboxylic acids is 1. The Bertz CT molecular complexity index is 1180. The van der Waals surface area contributed by atoms with Gasteiger partial charge in [0.15, 0.2) is 0 Å². The summed E-state index contributed by atoms with van der Waals surface area (Å²) in [7, 11) is 0. The number of hydrogen-bond donors (Lipinski definition) is 2. The van der Waals surface area contributed by atoms with Crippen molar-refractivity contribution in [3.8, 4) is 0 Å². The molecule has 1 fully saturated rings.